The molecule has 0 aliphatic heterocycles. The summed E-state index contributed by atoms with van der Waals surface area (Å²) in [6, 6.07) is 14.8. The minimum atomic E-state index is -3.46. The number of hydrogen-bond donors (Lipinski definition) is 1. The van der Waals surface area contributed by atoms with Gasteiger partial charge in [0.1, 0.15) is 0 Å². The number of likely N-dealkylation sites (N-methyl/N-ethyl adjacent to an activating group) is 1. The second-order valence-corrected chi connectivity index (χ2v) is 9.05. The van der Waals surface area contributed by atoms with Crippen molar-refractivity contribution in [3.63, 3.8) is 0 Å². The van der Waals surface area contributed by atoms with Crippen LogP contribution in [-0.4, -0.2) is 50.2 Å². The van der Waals surface area contributed by atoms with Gasteiger partial charge in [0.25, 0.3) is 0 Å². The molecular formula is C22H31N3O3S. The van der Waals surface area contributed by atoms with Crippen LogP contribution in [0.5, 0.6) is 0 Å². The van der Waals surface area contributed by atoms with Crippen molar-refractivity contribution in [1.82, 2.24) is 14.5 Å². The Hall–Kier alpha value is -2.22. The Kier molecular flexibility index (Phi) is 8.37. The number of sulfonamides is 1. The van der Waals surface area contributed by atoms with E-state index in [1.807, 2.05) is 37.9 Å². The fourth-order valence-corrected chi connectivity index (χ4v) is 4.59. The first-order valence-electron chi connectivity index (χ1n) is 9.86. The molecule has 158 valence electrons. The lowest BCUT2D eigenvalue weighted by Crippen LogP contribution is -2.34. The molecule has 1 N–H and O–H groups in total. The van der Waals surface area contributed by atoms with Crippen LogP contribution in [-0.2, 0) is 27.9 Å². The number of benzene rings is 2. The predicted octanol–water partition coefficient (Wildman–Crippen LogP) is 2.77. The number of hydrogen-bond acceptors (Lipinski definition) is 4. The van der Waals surface area contributed by atoms with Gasteiger partial charge in [-0.1, -0.05) is 50.2 Å². The van der Waals surface area contributed by atoms with Crippen LogP contribution in [0.15, 0.2) is 53.4 Å². The molecule has 0 bridgehead atoms. The zero-order valence-corrected chi connectivity index (χ0v) is 18.5. The van der Waals surface area contributed by atoms with E-state index in [0.717, 1.165) is 5.56 Å². The van der Waals surface area contributed by atoms with Gasteiger partial charge >= 0.3 is 0 Å². The molecule has 6 nitrogen and oxygen atoms in total. The molecule has 0 aliphatic carbocycles. The summed E-state index contributed by atoms with van der Waals surface area (Å²) in [5.74, 6) is -0.0686. The molecule has 2 aromatic rings. The Morgan fingerprint density at radius 3 is 2.21 bits per heavy atom. The van der Waals surface area contributed by atoms with Crippen molar-refractivity contribution in [2.24, 2.45) is 0 Å². The van der Waals surface area contributed by atoms with Gasteiger partial charge in [-0.3, -0.25) is 9.69 Å². The van der Waals surface area contributed by atoms with Gasteiger partial charge in [-0.15, -0.1) is 0 Å². The molecular weight excluding hydrogens is 386 g/mol. The van der Waals surface area contributed by atoms with E-state index < -0.39 is 10.0 Å². The molecule has 0 radical (unpaired) electrons. The number of nitrogens with one attached hydrogen (secondary N) is 1. The summed E-state index contributed by atoms with van der Waals surface area (Å²) in [6.07, 6.45) is 0. The minimum absolute atomic E-state index is 0.0686. The van der Waals surface area contributed by atoms with E-state index in [2.05, 4.69) is 24.4 Å². The molecule has 0 aromatic heterocycles. The molecule has 0 unspecified atom stereocenters. The first kappa shape index (κ1) is 23.1. The van der Waals surface area contributed by atoms with E-state index in [4.69, 9.17) is 0 Å². The maximum atomic E-state index is 12.5. The second kappa shape index (κ2) is 10.5. The lowest BCUT2D eigenvalue weighted by molar-refractivity contribution is -0.122. The fourth-order valence-electron chi connectivity index (χ4n) is 3.13. The third kappa shape index (κ3) is 6.39. The number of carbonyl (C=O) groups is 1. The quantitative estimate of drug-likeness (QED) is 0.645. The van der Waals surface area contributed by atoms with Gasteiger partial charge in [0, 0.05) is 26.2 Å². The number of aryl methyl sites for hydroxylation is 1. The molecule has 7 heteroatoms. The summed E-state index contributed by atoms with van der Waals surface area (Å²) in [5.41, 5.74) is 3.27. The van der Waals surface area contributed by atoms with Crippen molar-refractivity contribution in [2.75, 3.05) is 26.7 Å². The third-order valence-corrected chi connectivity index (χ3v) is 6.94. The summed E-state index contributed by atoms with van der Waals surface area (Å²) in [7, 11) is -1.54. The van der Waals surface area contributed by atoms with Crippen LogP contribution in [0.4, 0.5) is 0 Å². The lowest BCUT2D eigenvalue weighted by Gasteiger charge is -2.19. The molecule has 0 fully saturated rings. The zero-order valence-electron chi connectivity index (χ0n) is 17.7. The summed E-state index contributed by atoms with van der Waals surface area (Å²) in [5, 5.41) is 2.89. The van der Waals surface area contributed by atoms with E-state index in [1.165, 1.54) is 15.4 Å². The van der Waals surface area contributed by atoms with Crippen molar-refractivity contribution in [1.29, 1.82) is 0 Å². The topological polar surface area (TPSA) is 69.7 Å². The standard InChI is InChI=1S/C22H31N3O3S/c1-5-25(6-2)29(27,28)21-13-11-19(12-14-21)15-23-22(26)17-24(4)16-20-10-8-7-9-18(20)3/h7-14H,5-6,15-17H2,1-4H3,(H,23,26). The Labute approximate surface area is 174 Å². The molecule has 2 rings (SSSR count). The average Bonchev–Trinajstić information content (AvgIpc) is 2.69. The van der Waals surface area contributed by atoms with E-state index in [1.54, 1.807) is 24.3 Å². The number of amides is 1. The van der Waals surface area contributed by atoms with Crippen LogP contribution < -0.4 is 5.32 Å². The molecule has 0 spiro atoms. The molecule has 2 aromatic carbocycles. The van der Waals surface area contributed by atoms with Crippen LogP contribution in [0.2, 0.25) is 0 Å². The Balaban J connectivity index is 1.88. The van der Waals surface area contributed by atoms with Crippen molar-refractivity contribution < 1.29 is 13.2 Å². The fraction of sp³-hybridized carbons (Fsp3) is 0.409. The van der Waals surface area contributed by atoms with E-state index in [0.29, 0.717) is 32.7 Å². The maximum absolute atomic E-state index is 12.5. The zero-order chi connectivity index (χ0) is 21.4. The highest BCUT2D eigenvalue weighted by molar-refractivity contribution is 7.89. The summed E-state index contributed by atoms with van der Waals surface area (Å²) in [6.45, 7) is 7.94. The molecule has 0 heterocycles. The predicted molar refractivity (Wildman–Crippen MR) is 116 cm³/mol. The SMILES string of the molecule is CCN(CC)S(=O)(=O)c1ccc(CNC(=O)CN(C)Cc2ccccc2C)cc1. The molecule has 0 saturated carbocycles. The van der Waals surface area contributed by atoms with Gasteiger partial charge in [-0.05, 0) is 42.8 Å². The van der Waals surface area contributed by atoms with Crippen LogP contribution in [0.1, 0.15) is 30.5 Å². The van der Waals surface area contributed by atoms with Crippen LogP contribution in [0, 0.1) is 6.92 Å². The Morgan fingerprint density at radius 1 is 1.00 bits per heavy atom. The van der Waals surface area contributed by atoms with Gasteiger partial charge in [-0.2, -0.15) is 4.31 Å². The van der Waals surface area contributed by atoms with Gasteiger partial charge in [0.05, 0.1) is 11.4 Å². The minimum Gasteiger partial charge on any atom is -0.351 e. The van der Waals surface area contributed by atoms with Crippen LogP contribution >= 0.6 is 0 Å². The molecule has 0 atom stereocenters. The van der Waals surface area contributed by atoms with Crippen molar-refractivity contribution in [3.05, 3.63) is 65.2 Å². The van der Waals surface area contributed by atoms with Gasteiger partial charge in [0.15, 0.2) is 0 Å². The first-order chi connectivity index (χ1) is 13.8. The summed E-state index contributed by atoms with van der Waals surface area (Å²) >= 11 is 0. The first-order valence-corrected chi connectivity index (χ1v) is 11.3. The van der Waals surface area contributed by atoms with E-state index in [9.17, 15) is 13.2 Å². The van der Waals surface area contributed by atoms with Gasteiger partial charge in [-0.25, -0.2) is 8.42 Å². The van der Waals surface area contributed by atoms with Gasteiger partial charge < -0.3 is 5.32 Å². The molecule has 1 amide bonds. The van der Waals surface area contributed by atoms with E-state index >= 15 is 0 Å². The second-order valence-electron chi connectivity index (χ2n) is 7.11. The van der Waals surface area contributed by atoms with E-state index in [-0.39, 0.29) is 10.8 Å². The number of nitrogens with zero attached hydrogens (tertiary/aromatic N) is 2. The largest absolute Gasteiger partial charge is 0.351 e. The monoisotopic (exact) mass is 417 g/mol. The molecule has 29 heavy (non-hydrogen) atoms. The highest BCUT2D eigenvalue weighted by atomic mass is 32.2. The smallest absolute Gasteiger partial charge is 0.243 e. The molecule has 0 saturated heterocycles. The van der Waals surface area contributed by atoms with Crippen molar-refractivity contribution in [2.45, 2.75) is 38.8 Å². The van der Waals surface area contributed by atoms with Crippen LogP contribution in [0.25, 0.3) is 0 Å². The highest BCUT2D eigenvalue weighted by Crippen LogP contribution is 2.16. The normalized spacial score (nSPS) is 11.8. The number of carbonyl (C=O) groups excluding carboxylic acids is 1. The van der Waals surface area contributed by atoms with Crippen molar-refractivity contribution >= 4 is 15.9 Å². The number of rotatable bonds is 10. The average molecular weight is 418 g/mol. The van der Waals surface area contributed by atoms with Gasteiger partial charge in [0.2, 0.25) is 15.9 Å². The highest BCUT2D eigenvalue weighted by Gasteiger charge is 2.21. The summed E-state index contributed by atoms with van der Waals surface area (Å²) < 4.78 is 26.5. The Bertz CT molecular complexity index is 907. The lowest BCUT2D eigenvalue weighted by atomic mass is 10.1. The Morgan fingerprint density at radius 2 is 1.62 bits per heavy atom. The maximum Gasteiger partial charge on any atom is 0.243 e. The third-order valence-electron chi connectivity index (χ3n) is 4.87. The van der Waals surface area contributed by atoms with Crippen molar-refractivity contribution in [3.8, 4) is 0 Å². The summed E-state index contributed by atoms with van der Waals surface area (Å²) in [4.78, 5) is 14.5. The van der Waals surface area contributed by atoms with Crippen LogP contribution in [0.3, 0.4) is 0 Å². The molecule has 0 aliphatic rings.